The van der Waals surface area contributed by atoms with Gasteiger partial charge in [-0.3, -0.25) is 14.9 Å². The summed E-state index contributed by atoms with van der Waals surface area (Å²) >= 11 is 0. The van der Waals surface area contributed by atoms with E-state index < -0.39 is 0 Å². The van der Waals surface area contributed by atoms with E-state index in [0.717, 1.165) is 6.54 Å². The Morgan fingerprint density at radius 3 is 2.65 bits per heavy atom. The molecule has 0 aliphatic carbocycles. The Morgan fingerprint density at radius 1 is 1.12 bits per heavy atom. The zero-order chi connectivity index (χ0) is 18.4. The molecule has 3 aromatic rings. The van der Waals surface area contributed by atoms with Crippen LogP contribution in [0.1, 0.15) is 21.6 Å². The predicted octanol–water partition coefficient (Wildman–Crippen LogP) is 2.73. The molecule has 7 heteroatoms. The minimum atomic E-state index is -0.264. The number of nitrogens with one attached hydrogen (secondary N) is 3. The number of amides is 1. The summed E-state index contributed by atoms with van der Waals surface area (Å²) < 4.78 is 0. The molecule has 0 radical (unpaired) electrons. The number of pyridine rings is 1. The van der Waals surface area contributed by atoms with Gasteiger partial charge in [-0.25, -0.2) is 0 Å². The largest absolute Gasteiger partial charge is 0.378 e. The fourth-order valence-corrected chi connectivity index (χ4v) is 2.64. The second-order valence-corrected chi connectivity index (χ2v) is 6.21. The third kappa shape index (κ3) is 4.46. The lowest BCUT2D eigenvalue weighted by Gasteiger charge is -2.15. The Kier molecular flexibility index (Phi) is 5.60. The summed E-state index contributed by atoms with van der Waals surface area (Å²) in [4.78, 5) is 18.6. The molecule has 134 valence electrons. The molecule has 2 heterocycles. The molecule has 0 saturated heterocycles. The van der Waals surface area contributed by atoms with Crippen LogP contribution in [0.2, 0.25) is 0 Å². The van der Waals surface area contributed by atoms with Crippen molar-refractivity contribution < 1.29 is 4.79 Å². The van der Waals surface area contributed by atoms with Gasteiger partial charge >= 0.3 is 0 Å². The molecule has 1 amide bonds. The van der Waals surface area contributed by atoms with E-state index in [9.17, 15) is 4.79 Å². The molecule has 0 unspecified atom stereocenters. The summed E-state index contributed by atoms with van der Waals surface area (Å²) in [6, 6.07) is 11.8. The van der Waals surface area contributed by atoms with Crippen molar-refractivity contribution in [3.8, 4) is 0 Å². The molecule has 1 aromatic carbocycles. The van der Waals surface area contributed by atoms with Crippen molar-refractivity contribution in [3.63, 3.8) is 0 Å². The first kappa shape index (κ1) is 17.6. The number of benzene rings is 1. The summed E-state index contributed by atoms with van der Waals surface area (Å²) in [5.41, 5.74) is 4.11. The highest BCUT2D eigenvalue weighted by Crippen LogP contribution is 2.17. The van der Waals surface area contributed by atoms with Gasteiger partial charge in [0.2, 0.25) is 0 Å². The fourth-order valence-electron chi connectivity index (χ4n) is 2.64. The monoisotopic (exact) mass is 350 g/mol. The molecule has 0 spiro atoms. The number of aromatic nitrogens is 3. The van der Waals surface area contributed by atoms with Crippen LogP contribution in [0.15, 0.2) is 55.0 Å². The first-order valence-electron chi connectivity index (χ1n) is 8.33. The SMILES string of the molecule is CN(C)Cc1ccccc1CNc1cn[nH]c1C(=O)Nc1cccnc1. The molecule has 3 N–H and O–H groups in total. The summed E-state index contributed by atoms with van der Waals surface area (Å²) in [6.07, 6.45) is 4.87. The number of hydrogen-bond donors (Lipinski definition) is 3. The number of H-pyrrole nitrogens is 1. The van der Waals surface area contributed by atoms with Crippen molar-refractivity contribution in [3.05, 3.63) is 71.8 Å². The van der Waals surface area contributed by atoms with Crippen molar-refractivity contribution in [1.29, 1.82) is 0 Å². The maximum absolute atomic E-state index is 12.5. The summed E-state index contributed by atoms with van der Waals surface area (Å²) in [7, 11) is 4.09. The minimum Gasteiger partial charge on any atom is -0.378 e. The van der Waals surface area contributed by atoms with E-state index in [1.54, 1.807) is 30.7 Å². The summed E-state index contributed by atoms with van der Waals surface area (Å²) in [5, 5.41) is 12.9. The zero-order valence-electron chi connectivity index (χ0n) is 14.9. The second-order valence-electron chi connectivity index (χ2n) is 6.21. The van der Waals surface area contributed by atoms with Crippen LogP contribution in [0, 0.1) is 0 Å². The molecule has 0 bridgehead atoms. The van der Waals surface area contributed by atoms with Crippen LogP contribution in [0.4, 0.5) is 11.4 Å². The van der Waals surface area contributed by atoms with Crippen LogP contribution in [-0.4, -0.2) is 40.1 Å². The van der Waals surface area contributed by atoms with E-state index in [4.69, 9.17) is 0 Å². The minimum absolute atomic E-state index is 0.264. The highest BCUT2D eigenvalue weighted by molar-refractivity contribution is 6.06. The van der Waals surface area contributed by atoms with E-state index in [2.05, 4.69) is 42.8 Å². The van der Waals surface area contributed by atoms with Gasteiger partial charge in [-0.2, -0.15) is 5.10 Å². The van der Waals surface area contributed by atoms with Crippen LogP contribution in [0.25, 0.3) is 0 Å². The molecule has 0 aliphatic heterocycles. The van der Waals surface area contributed by atoms with Gasteiger partial charge in [-0.1, -0.05) is 24.3 Å². The molecule has 0 fully saturated rings. The number of carbonyl (C=O) groups excluding carboxylic acids is 1. The van der Waals surface area contributed by atoms with Crippen molar-refractivity contribution in [2.24, 2.45) is 0 Å². The number of nitrogens with zero attached hydrogens (tertiary/aromatic N) is 3. The maximum atomic E-state index is 12.5. The summed E-state index contributed by atoms with van der Waals surface area (Å²) in [5.74, 6) is -0.264. The average Bonchev–Trinajstić information content (AvgIpc) is 3.10. The number of rotatable bonds is 7. The molecular formula is C19H22N6O. The molecule has 0 aliphatic rings. The molecule has 0 saturated carbocycles. The van der Waals surface area contributed by atoms with Gasteiger partial charge in [-0.05, 0) is 37.4 Å². The first-order chi connectivity index (χ1) is 12.6. The lowest BCUT2D eigenvalue weighted by atomic mass is 10.1. The van der Waals surface area contributed by atoms with E-state index in [1.807, 2.05) is 26.2 Å². The van der Waals surface area contributed by atoms with Crippen LogP contribution >= 0.6 is 0 Å². The van der Waals surface area contributed by atoms with E-state index in [-0.39, 0.29) is 5.91 Å². The quantitative estimate of drug-likeness (QED) is 0.610. The van der Waals surface area contributed by atoms with Crippen LogP contribution in [-0.2, 0) is 13.1 Å². The predicted molar refractivity (Wildman–Crippen MR) is 102 cm³/mol. The molecular weight excluding hydrogens is 328 g/mol. The van der Waals surface area contributed by atoms with Crippen molar-refractivity contribution in [1.82, 2.24) is 20.1 Å². The highest BCUT2D eigenvalue weighted by atomic mass is 16.2. The molecule has 26 heavy (non-hydrogen) atoms. The van der Waals surface area contributed by atoms with Crippen molar-refractivity contribution >= 4 is 17.3 Å². The first-order valence-corrected chi connectivity index (χ1v) is 8.33. The van der Waals surface area contributed by atoms with Gasteiger partial charge < -0.3 is 15.5 Å². The van der Waals surface area contributed by atoms with E-state index >= 15 is 0 Å². The zero-order valence-corrected chi connectivity index (χ0v) is 14.9. The Labute approximate surface area is 152 Å². The number of anilines is 2. The lowest BCUT2D eigenvalue weighted by molar-refractivity contribution is 0.102. The Balaban J connectivity index is 1.69. The van der Waals surface area contributed by atoms with E-state index in [0.29, 0.717) is 23.6 Å². The lowest BCUT2D eigenvalue weighted by Crippen LogP contribution is -2.16. The van der Waals surface area contributed by atoms with Gasteiger partial charge in [0.1, 0.15) is 5.69 Å². The van der Waals surface area contributed by atoms with Gasteiger partial charge in [0.15, 0.2) is 0 Å². The third-order valence-corrected chi connectivity index (χ3v) is 3.86. The standard InChI is InChI=1S/C19H22N6O/c1-25(2)13-15-7-4-3-6-14(15)10-21-17-12-22-24-18(17)19(26)23-16-8-5-9-20-11-16/h3-9,11-12,21H,10,13H2,1-2H3,(H,22,24)(H,23,26). The highest BCUT2D eigenvalue weighted by Gasteiger charge is 2.14. The number of hydrogen-bond acceptors (Lipinski definition) is 5. The fraction of sp³-hybridized carbons (Fsp3) is 0.211. The van der Waals surface area contributed by atoms with E-state index in [1.165, 1.54) is 11.1 Å². The third-order valence-electron chi connectivity index (χ3n) is 3.86. The molecule has 0 atom stereocenters. The Morgan fingerprint density at radius 2 is 1.92 bits per heavy atom. The average molecular weight is 350 g/mol. The topological polar surface area (TPSA) is 85.9 Å². The molecule has 3 rings (SSSR count). The van der Waals surface area contributed by atoms with Crippen LogP contribution < -0.4 is 10.6 Å². The molecule has 7 nitrogen and oxygen atoms in total. The van der Waals surface area contributed by atoms with Crippen molar-refractivity contribution in [2.75, 3.05) is 24.7 Å². The Hall–Kier alpha value is -3.19. The van der Waals surface area contributed by atoms with Gasteiger partial charge in [0.25, 0.3) is 5.91 Å². The number of aromatic amines is 1. The van der Waals surface area contributed by atoms with Crippen molar-refractivity contribution in [2.45, 2.75) is 13.1 Å². The normalized spacial score (nSPS) is 10.7. The van der Waals surface area contributed by atoms with Gasteiger partial charge in [-0.15, -0.1) is 0 Å². The molecule has 2 aromatic heterocycles. The van der Waals surface area contributed by atoms with Crippen LogP contribution in [0.5, 0.6) is 0 Å². The second kappa shape index (κ2) is 8.26. The van der Waals surface area contributed by atoms with Gasteiger partial charge in [0, 0.05) is 19.3 Å². The Bertz CT molecular complexity index is 859. The maximum Gasteiger partial charge on any atom is 0.275 e. The van der Waals surface area contributed by atoms with Crippen LogP contribution in [0.3, 0.4) is 0 Å². The summed E-state index contributed by atoms with van der Waals surface area (Å²) in [6.45, 7) is 1.47. The smallest absolute Gasteiger partial charge is 0.275 e. The van der Waals surface area contributed by atoms with Gasteiger partial charge in [0.05, 0.1) is 23.8 Å². The number of carbonyl (C=O) groups is 1.